The summed E-state index contributed by atoms with van der Waals surface area (Å²) in [4.78, 5) is 16.3. The molecule has 2 aliphatic rings. The lowest BCUT2D eigenvalue weighted by Crippen LogP contribution is -2.53. The first-order valence-corrected chi connectivity index (χ1v) is 10.3. The van der Waals surface area contributed by atoms with Crippen molar-refractivity contribution in [3.8, 4) is 0 Å². The molecule has 4 heterocycles. The number of aromatic nitrogens is 3. The predicted octanol–water partition coefficient (Wildman–Crippen LogP) is 0.840. The highest BCUT2D eigenvalue weighted by Gasteiger charge is 2.50. The maximum absolute atomic E-state index is 13.4. The van der Waals surface area contributed by atoms with E-state index in [1.165, 1.54) is 17.6 Å². The number of hydrogen-bond donors (Lipinski definition) is 0. The summed E-state index contributed by atoms with van der Waals surface area (Å²) in [5.41, 5.74) is 0.619. The first kappa shape index (κ1) is 18.3. The Morgan fingerprint density at radius 1 is 1.33 bits per heavy atom. The molecule has 10 heteroatoms. The molecule has 2 saturated heterocycles. The SMILES string of the molecule is COC(=O)[C@@H]1C[C@@H]2[C@@H](CC[C@H](C)N2S(=O)(=O)c2cnc3c(cnn3C)c2)O1. The van der Waals surface area contributed by atoms with Crippen LogP contribution in [0, 0.1) is 0 Å². The Bertz CT molecular complexity index is 988. The van der Waals surface area contributed by atoms with Gasteiger partial charge in [-0.05, 0) is 25.8 Å². The van der Waals surface area contributed by atoms with E-state index in [0.717, 1.165) is 0 Å². The van der Waals surface area contributed by atoms with Gasteiger partial charge < -0.3 is 9.47 Å². The fourth-order valence-corrected chi connectivity index (χ4v) is 5.96. The molecule has 2 aromatic rings. The van der Waals surface area contributed by atoms with E-state index in [0.29, 0.717) is 30.3 Å². The van der Waals surface area contributed by atoms with Gasteiger partial charge in [0, 0.05) is 31.1 Å². The number of fused-ring (bicyclic) bond motifs is 2. The molecule has 0 aliphatic carbocycles. The van der Waals surface area contributed by atoms with Gasteiger partial charge in [0.25, 0.3) is 0 Å². The van der Waals surface area contributed by atoms with Gasteiger partial charge in [-0.1, -0.05) is 0 Å². The van der Waals surface area contributed by atoms with Gasteiger partial charge in [-0.2, -0.15) is 9.40 Å². The van der Waals surface area contributed by atoms with Crippen molar-refractivity contribution in [2.24, 2.45) is 7.05 Å². The van der Waals surface area contributed by atoms with Crippen LogP contribution in [0.5, 0.6) is 0 Å². The molecule has 2 aliphatic heterocycles. The van der Waals surface area contributed by atoms with Gasteiger partial charge in [0.15, 0.2) is 11.8 Å². The maximum Gasteiger partial charge on any atom is 0.335 e. The number of nitrogens with zero attached hydrogens (tertiary/aromatic N) is 4. The smallest absolute Gasteiger partial charge is 0.335 e. The van der Waals surface area contributed by atoms with Gasteiger partial charge in [0.05, 0.1) is 25.5 Å². The summed E-state index contributed by atoms with van der Waals surface area (Å²) < 4.78 is 40.5. The number of hydrogen-bond acceptors (Lipinski definition) is 7. The number of piperidine rings is 1. The Morgan fingerprint density at radius 2 is 2.11 bits per heavy atom. The fourth-order valence-electron chi connectivity index (χ4n) is 4.10. The summed E-state index contributed by atoms with van der Waals surface area (Å²) in [6, 6.07) is 1.00. The van der Waals surface area contributed by atoms with Crippen LogP contribution in [0.4, 0.5) is 0 Å². The summed E-state index contributed by atoms with van der Waals surface area (Å²) in [5.74, 6) is -0.465. The Balaban J connectivity index is 1.71. The molecule has 0 spiro atoms. The van der Waals surface area contributed by atoms with Gasteiger partial charge in [-0.3, -0.25) is 4.68 Å². The fraction of sp³-hybridized carbons (Fsp3) is 0.588. The molecule has 4 rings (SSSR count). The van der Waals surface area contributed by atoms with E-state index in [1.54, 1.807) is 24.0 Å². The summed E-state index contributed by atoms with van der Waals surface area (Å²) >= 11 is 0. The standard InChI is InChI=1S/C17H22N4O5S/c1-10-4-5-14-13(7-15(26-14)17(22)25-3)21(10)27(23,24)12-6-11-8-19-20(2)16(11)18-9-12/h6,8-10,13-15H,4-5,7H2,1-3H3/t10-,13+,14+,15-/m0/s1. The molecule has 0 bridgehead atoms. The van der Waals surface area contributed by atoms with E-state index in [9.17, 15) is 13.2 Å². The van der Waals surface area contributed by atoms with Crippen molar-refractivity contribution in [3.05, 3.63) is 18.5 Å². The summed E-state index contributed by atoms with van der Waals surface area (Å²) in [7, 11) is -0.743. The maximum atomic E-state index is 13.4. The number of pyridine rings is 1. The number of ether oxygens (including phenoxy) is 2. The van der Waals surface area contributed by atoms with E-state index in [2.05, 4.69) is 10.1 Å². The van der Waals surface area contributed by atoms with Crippen LogP contribution in [0.3, 0.4) is 0 Å². The van der Waals surface area contributed by atoms with E-state index >= 15 is 0 Å². The molecule has 2 fully saturated rings. The predicted molar refractivity (Wildman–Crippen MR) is 95.3 cm³/mol. The van der Waals surface area contributed by atoms with Crippen molar-refractivity contribution in [1.29, 1.82) is 0 Å². The third kappa shape index (κ3) is 2.91. The first-order valence-electron chi connectivity index (χ1n) is 8.87. The second kappa shape index (κ2) is 6.54. The second-order valence-electron chi connectivity index (χ2n) is 7.10. The van der Waals surface area contributed by atoms with Gasteiger partial charge in [-0.15, -0.1) is 0 Å². The number of carbonyl (C=O) groups excluding carboxylic acids is 1. The molecular formula is C17H22N4O5S. The van der Waals surface area contributed by atoms with E-state index in [1.807, 2.05) is 6.92 Å². The van der Waals surface area contributed by atoms with Crippen LogP contribution in [-0.4, -0.2) is 64.9 Å². The topological polar surface area (TPSA) is 104 Å². The number of rotatable bonds is 3. The Labute approximate surface area is 157 Å². The average Bonchev–Trinajstić information content (AvgIpc) is 3.24. The Morgan fingerprint density at radius 3 is 2.85 bits per heavy atom. The number of aryl methyl sites for hydroxylation is 1. The summed E-state index contributed by atoms with van der Waals surface area (Å²) in [5, 5.41) is 4.77. The highest BCUT2D eigenvalue weighted by atomic mass is 32.2. The zero-order valence-corrected chi connectivity index (χ0v) is 16.2. The van der Waals surface area contributed by atoms with Crippen LogP contribution in [0.15, 0.2) is 23.4 Å². The van der Waals surface area contributed by atoms with Crippen molar-refractivity contribution in [3.63, 3.8) is 0 Å². The molecule has 0 N–H and O–H groups in total. The van der Waals surface area contributed by atoms with Crippen molar-refractivity contribution in [1.82, 2.24) is 19.1 Å². The first-order chi connectivity index (χ1) is 12.8. The van der Waals surface area contributed by atoms with E-state index < -0.39 is 28.1 Å². The van der Waals surface area contributed by atoms with Gasteiger partial charge in [-0.25, -0.2) is 18.2 Å². The molecule has 0 aromatic carbocycles. The van der Waals surface area contributed by atoms with Crippen molar-refractivity contribution in [2.45, 2.75) is 55.4 Å². The molecule has 146 valence electrons. The van der Waals surface area contributed by atoms with Gasteiger partial charge in [0.2, 0.25) is 10.0 Å². The van der Waals surface area contributed by atoms with Crippen LogP contribution >= 0.6 is 0 Å². The van der Waals surface area contributed by atoms with Crippen LogP contribution in [0.2, 0.25) is 0 Å². The number of sulfonamides is 1. The van der Waals surface area contributed by atoms with Crippen molar-refractivity contribution >= 4 is 27.0 Å². The zero-order valence-electron chi connectivity index (χ0n) is 15.4. The Hall–Kier alpha value is -2.04. The molecule has 0 amide bonds. The molecule has 0 unspecified atom stereocenters. The van der Waals surface area contributed by atoms with E-state index in [-0.39, 0.29) is 17.0 Å². The van der Waals surface area contributed by atoms with Crippen LogP contribution < -0.4 is 0 Å². The van der Waals surface area contributed by atoms with Crippen LogP contribution in [0.25, 0.3) is 11.0 Å². The second-order valence-corrected chi connectivity index (χ2v) is 8.95. The minimum Gasteiger partial charge on any atom is -0.467 e. The average molecular weight is 394 g/mol. The van der Waals surface area contributed by atoms with Gasteiger partial charge >= 0.3 is 5.97 Å². The summed E-state index contributed by atoms with van der Waals surface area (Å²) in [6.45, 7) is 1.88. The molecule has 27 heavy (non-hydrogen) atoms. The Kier molecular flexibility index (Phi) is 4.44. The number of carbonyl (C=O) groups is 1. The molecule has 0 saturated carbocycles. The lowest BCUT2D eigenvalue weighted by molar-refractivity contribution is -0.153. The highest BCUT2D eigenvalue weighted by Crippen LogP contribution is 2.38. The lowest BCUT2D eigenvalue weighted by Gasteiger charge is -2.40. The van der Waals surface area contributed by atoms with Gasteiger partial charge in [0.1, 0.15) is 4.90 Å². The quantitative estimate of drug-likeness (QED) is 0.711. The van der Waals surface area contributed by atoms with Crippen LogP contribution in [-0.2, 0) is 31.3 Å². The monoisotopic (exact) mass is 394 g/mol. The lowest BCUT2D eigenvalue weighted by atomic mass is 9.95. The van der Waals surface area contributed by atoms with Crippen molar-refractivity contribution < 1.29 is 22.7 Å². The highest BCUT2D eigenvalue weighted by molar-refractivity contribution is 7.89. The largest absolute Gasteiger partial charge is 0.467 e. The molecule has 2 aromatic heterocycles. The zero-order chi connectivity index (χ0) is 19.3. The molecule has 4 atom stereocenters. The summed E-state index contributed by atoms with van der Waals surface area (Å²) in [6.07, 6.45) is 3.59. The molecule has 0 radical (unpaired) electrons. The molecular weight excluding hydrogens is 372 g/mol. The van der Waals surface area contributed by atoms with E-state index in [4.69, 9.17) is 9.47 Å². The third-order valence-corrected chi connectivity index (χ3v) is 7.44. The number of esters is 1. The van der Waals surface area contributed by atoms with Crippen molar-refractivity contribution in [2.75, 3.05) is 7.11 Å². The van der Waals surface area contributed by atoms with Crippen LogP contribution in [0.1, 0.15) is 26.2 Å². The minimum atomic E-state index is -3.80. The number of methoxy groups -OCH3 is 1. The normalized spacial score (nSPS) is 29.0. The third-order valence-electron chi connectivity index (χ3n) is 5.44. The molecule has 9 nitrogen and oxygen atoms in total. The minimum absolute atomic E-state index is 0.122.